The molecule has 5 nitrogen and oxygen atoms in total. The highest BCUT2D eigenvalue weighted by Gasteiger charge is 2.16. The Balaban J connectivity index is 4.09. The predicted molar refractivity (Wildman–Crippen MR) is 172 cm³/mol. The fourth-order valence-corrected chi connectivity index (χ4v) is 5.40. The van der Waals surface area contributed by atoms with Gasteiger partial charge in [0.05, 0.1) is 0 Å². The minimum Gasteiger partial charge on any atom is -0.461 e. The molecule has 0 saturated heterocycles. The van der Waals surface area contributed by atoms with E-state index in [1.54, 1.807) is 0 Å². The van der Waals surface area contributed by atoms with Crippen LogP contribution in [0.15, 0.2) is 12.2 Å². The van der Waals surface area contributed by atoms with Crippen molar-refractivity contribution in [1.29, 1.82) is 0 Å². The van der Waals surface area contributed by atoms with Crippen LogP contribution >= 0.6 is 11.8 Å². The highest BCUT2D eigenvalue weighted by Crippen LogP contribution is 2.16. The summed E-state index contributed by atoms with van der Waals surface area (Å²) in [4.78, 5) is 29.1. The minimum atomic E-state index is -0.0863. The van der Waals surface area contributed by atoms with Crippen LogP contribution in [0.2, 0.25) is 0 Å². The molecule has 39 heavy (non-hydrogen) atoms. The number of unbranched alkanes of at least 4 members (excludes halogenated alkanes) is 15. The molecule has 0 aliphatic heterocycles. The van der Waals surface area contributed by atoms with E-state index >= 15 is 0 Å². The Morgan fingerprint density at radius 3 is 1.79 bits per heavy atom. The maximum absolute atomic E-state index is 13.0. The van der Waals surface area contributed by atoms with E-state index in [0.717, 1.165) is 63.8 Å². The number of allylic oxidation sites excluding steroid dienone is 1. The van der Waals surface area contributed by atoms with E-state index in [0.29, 0.717) is 19.1 Å². The number of thioether (sulfide) groups is 1. The molecule has 0 heterocycles. The van der Waals surface area contributed by atoms with Crippen LogP contribution < -0.4 is 0 Å². The molecule has 0 spiro atoms. The van der Waals surface area contributed by atoms with Crippen LogP contribution in [0.4, 0.5) is 4.79 Å². The summed E-state index contributed by atoms with van der Waals surface area (Å²) in [7, 11) is 4.14. The van der Waals surface area contributed by atoms with E-state index in [1.165, 1.54) is 82.4 Å². The van der Waals surface area contributed by atoms with Crippen molar-refractivity contribution >= 4 is 23.0 Å². The van der Waals surface area contributed by atoms with Gasteiger partial charge in [-0.2, -0.15) is 0 Å². The molecule has 6 heteroatoms. The largest absolute Gasteiger partial charge is 0.461 e. The topological polar surface area (TPSA) is 49.9 Å². The van der Waals surface area contributed by atoms with Gasteiger partial charge in [-0.25, -0.2) is 0 Å². The molecule has 0 radical (unpaired) electrons. The number of rotatable bonds is 27. The van der Waals surface area contributed by atoms with Crippen LogP contribution in [-0.4, -0.2) is 66.6 Å². The van der Waals surface area contributed by atoms with E-state index in [9.17, 15) is 9.59 Å². The van der Waals surface area contributed by atoms with Gasteiger partial charge in [-0.15, -0.1) is 0 Å². The average Bonchev–Trinajstić information content (AvgIpc) is 2.92. The predicted octanol–water partition coefficient (Wildman–Crippen LogP) is 9.64. The summed E-state index contributed by atoms with van der Waals surface area (Å²) in [6.45, 7) is 8.79. The molecule has 0 aliphatic rings. The van der Waals surface area contributed by atoms with Gasteiger partial charge in [0, 0.05) is 31.3 Å². The molecule has 0 aromatic heterocycles. The minimum absolute atomic E-state index is 0.0863. The van der Waals surface area contributed by atoms with E-state index in [1.807, 2.05) is 6.08 Å². The molecule has 0 saturated carbocycles. The summed E-state index contributed by atoms with van der Waals surface area (Å²) < 4.78 is 5.31. The molecule has 0 aromatic rings. The first-order chi connectivity index (χ1) is 18.9. The fraction of sp³-hybridized carbons (Fsp3) is 0.879. The molecular formula is C33H64N2O3S. The van der Waals surface area contributed by atoms with Gasteiger partial charge in [0.2, 0.25) is 0 Å². The van der Waals surface area contributed by atoms with Crippen LogP contribution in [0.1, 0.15) is 143 Å². The van der Waals surface area contributed by atoms with Gasteiger partial charge in [0.15, 0.2) is 0 Å². The third-order valence-electron chi connectivity index (χ3n) is 7.41. The van der Waals surface area contributed by atoms with Crippen molar-refractivity contribution in [3.8, 4) is 0 Å². The van der Waals surface area contributed by atoms with Crippen molar-refractivity contribution in [1.82, 2.24) is 9.80 Å². The van der Waals surface area contributed by atoms with E-state index in [2.05, 4.69) is 50.7 Å². The Labute approximate surface area is 247 Å². The molecule has 0 fully saturated rings. The summed E-state index contributed by atoms with van der Waals surface area (Å²) in [6.07, 6.45) is 26.2. The second-order valence-corrected chi connectivity index (χ2v) is 12.3. The lowest BCUT2D eigenvalue weighted by atomic mass is 10.1. The third kappa shape index (κ3) is 25.7. The van der Waals surface area contributed by atoms with Gasteiger partial charge in [-0.05, 0) is 53.1 Å². The molecule has 0 bridgehead atoms. The second-order valence-electron chi connectivity index (χ2n) is 11.4. The summed E-state index contributed by atoms with van der Waals surface area (Å²) in [5.74, 6) is 0.752. The number of ether oxygens (including phenoxy) is 1. The number of carbonyl (C=O) groups is 2. The smallest absolute Gasteiger partial charge is 0.306 e. The number of amides is 1. The molecule has 230 valence electrons. The average molecular weight is 569 g/mol. The normalized spacial score (nSPS) is 12.4. The Kier molecular flexibility index (Phi) is 27.8. The van der Waals surface area contributed by atoms with Gasteiger partial charge in [0.1, 0.15) is 6.61 Å². The lowest BCUT2D eigenvalue weighted by Gasteiger charge is -2.24. The number of esters is 1. The van der Waals surface area contributed by atoms with Crippen molar-refractivity contribution in [3.63, 3.8) is 0 Å². The van der Waals surface area contributed by atoms with Gasteiger partial charge < -0.3 is 14.5 Å². The Morgan fingerprint density at radius 1 is 0.718 bits per heavy atom. The summed E-state index contributed by atoms with van der Waals surface area (Å²) in [5, 5.41) is 0.240. The molecule has 0 aromatic carbocycles. The lowest BCUT2D eigenvalue weighted by molar-refractivity contribution is -0.142. The second kappa shape index (κ2) is 28.5. The zero-order valence-electron chi connectivity index (χ0n) is 26.5. The van der Waals surface area contributed by atoms with E-state index < -0.39 is 0 Å². The Morgan fingerprint density at radius 2 is 1.23 bits per heavy atom. The zero-order valence-corrected chi connectivity index (χ0v) is 27.3. The highest BCUT2D eigenvalue weighted by atomic mass is 32.2. The summed E-state index contributed by atoms with van der Waals surface area (Å²) in [6, 6.07) is 0.391. The SMILES string of the molecule is CCCCCC/C=C\COC(=O)CCCCCCCN(CCCCCCCCCC)C(=O)SCC(C)N(C)C. The number of carbonyl (C=O) groups excluding carboxylic acids is 2. The molecule has 1 unspecified atom stereocenters. The monoisotopic (exact) mass is 568 g/mol. The molecule has 0 N–H and O–H groups in total. The summed E-state index contributed by atoms with van der Waals surface area (Å²) >= 11 is 1.48. The zero-order chi connectivity index (χ0) is 29.0. The van der Waals surface area contributed by atoms with Gasteiger partial charge in [-0.3, -0.25) is 9.59 Å². The Bertz CT molecular complexity index is 597. The fourth-order valence-electron chi connectivity index (χ4n) is 4.35. The van der Waals surface area contributed by atoms with Crippen LogP contribution in [0.3, 0.4) is 0 Å². The quantitative estimate of drug-likeness (QED) is 0.0561. The van der Waals surface area contributed by atoms with Crippen molar-refractivity contribution in [2.75, 3.05) is 39.5 Å². The maximum atomic E-state index is 13.0. The highest BCUT2D eigenvalue weighted by molar-refractivity contribution is 8.13. The number of nitrogens with zero attached hydrogens (tertiary/aromatic N) is 2. The first kappa shape index (κ1) is 38.0. The number of hydrogen-bond donors (Lipinski definition) is 0. The Hall–Kier alpha value is -1.01. The van der Waals surface area contributed by atoms with E-state index in [4.69, 9.17) is 4.74 Å². The molecule has 1 atom stereocenters. The third-order valence-corrected chi connectivity index (χ3v) is 8.56. The van der Waals surface area contributed by atoms with Crippen molar-refractivity contribution < 1.29 is 14.3 Å². The van der Waals surface area contributed by atoms with Crippen LogP contribution in [0.25, 0.3) is 0 Å². The molecule has 0 aliphatic carbocycles. The van der Waals surface area contributed by atoms with Gasteiger partial charge in [0.25, 0.3) is 5.24 Å². The van der Waals surface area contributed by atoms with Gasteiger partial charge in [-0.1, -0.05) is 121 Å². The first-order valence-corrected chi connectivity index (χ1v) is 17.3. The van der Waals surface area contributed by atoms with Crippen molar-refractivity contribution in [2.45, 2.75) is 149 Å². The molecule has 1 amide bonds. The van der Waals surface area contributed by atoms with Crippen LogP contribution in [0, 0.1) is 0 Å². The first-order valence-electron chi connectivity index (χ1n) is 16.3. The maximum Gasteiger partial charge on any atom is 0.306 e. The molecular weight excluding hydrogens is 504 g/mol. The van der Waals surface area contributed by atoms with Crippen LogP contribution in [-0.2, 0) is 9.53 Å². The van der Waals surface area contributed by atoms with Crippen LogP contribution in [0.5, 0.6) is 0 Å². The van der Waals surface area contributed by atoms with Gasteiger partial charge >= 0.3 is 5.97 Å². The van der Waals surface area contributed by atoms with Crippen molar-refractivity contribution in [3.05, 3.63) is 12.2 Å². The standard InChI is InChI=1S/C33H64N2O3S/c1-6-8-10-12-14-15-19-23-27-35(33(37)39-30-31(3)34(4)5)28-24-20-17-18-22-26-32(36)38-29-25-21-16-13-11-9-7-2/h21,25,31H,6-20,22-24,26-30H2,1-5H3/b25-21-. The molecule has 0 rings (SSSR count). The number of hydrogen-bond acceptors (Lipinski definition) is 5. The van der Waals surface area contributed by atoms with Crippen molar-refractivity contribution in [2.24, 2.45) is 0 Å². The lowest BCUT2D eigenvalue weighted by Crippen LogP contribution is -2.32. The van der Waals surface area contributed by atoms with E-state index in [-0.39, 0.29) is 11.2 Å². The summed E-state index contributed by atoms with van der Waals surface area (Å²) in [5.41, 5.74) is 0.